The molecule has 4 heteroatoms. The number of carboxylic acids is 1. The van der Waals surface area contributed by atoms with E-state index < -0.39 is 5.97 Å². The maximum absolute atomic E-state index is 10.7. The summed E-state index contributed by atoms with van der Waals surface area (Å²) in [5.41, 5.74) is 4.84. The monoisotopic (exact) mass is 323 g/mol. The minimum atomic E-state index is -0.790. The number of aromatic amines is 1. The minimum absolute atomic E-state index is 0.0895. The second kappa shape index (κ2) is 5.78. The molecule has 2 aromatic carbocycles. The molecule has 1 aromatic heterocycles. The van der Waals surface area contributed by atoms with Crippen molar-refractivity contribution in [1.29, 1.82) is 0 Å². The van der Waals surface area contributed by atoms with Crippen molar-refractivity contribution in [2.45, 2.75) is 23.7 Å². The molecule has 1 heterocycles. The normalized spacial score (nSPS) is 14.3. The summed E-state index contributed by atoms with van der Waals surface area (Å²) in [6.07, 6.45) is 2.61. The van der Waals surface area contributed by atoms with Crippen LogP contribution in [0.3, 0.4) is 0 Å². The molecule has 0 radical (unpaired) electrons. The van der Waals surface area contributed by atoms with E-state index >= 15 is 0 Å². The van der Waals surface area contributed by atoms with Crippen molar-refractivity contribution in [3.8, 4) is 11.3 Å². The Balaban J connectivity index is 1.65. The lowest BCUT2D eigenvalue weighted by molar-refractivity contribution is -0.133. The minimum Gasteiger partial charge on any atom is -0.481 e. The lowest BCUT2D eigenvalue weighted by Crippen LogP contribution is -1.97. The van der Waals surface area contributed by atoms with Gasteiger partial charge in [0.05, 0.1) is 5.75 Å². The highest BCUT2D eigenvalue weighted by Gasteiger charge is 2.23. The lowest BCUT2D eigenvalue weighted by atomic mass is 10.1. The van der Waals surface area contributed by atoms with Gasteiger partial charge in [-0.3, -0.25) is 4.79 Å². The van der Waals surface area contributed by atoms with Crippen LogP contribution in [0.15, 0.2) is 53.4 Å². The molecule has 3 aromatic rings. The molecule has 3 nitrogen and oxygen atoms in total. The van der Waals surface area contributed by atoms with E-state index in [1.54, 1.807) is 0 Å². The molecule has 0 unspecified atom stereocenters. The second-order valence-electron chi connectivity index (χ2n) is 6.01. The molecule has 116 valence electrons. The van der Waals surface area contributed by atoms with Crippen molar-refractivity contribution in [3.63, 3.8) is 0 Å². The van der Waals surface area contributed by atoms with Crippen LogP contribution in [0.1, 0.15) is 24.3 Å². The Morgan fingerprint density at radius 3 is 2.83 bits per heavy atom. The van der Waals surface area contributed by atoms with Gasteiger partial charge in [-0.25, -0.2) is 0 Å². The van der Waals surface area contributed by atoms with Crippen LogP contribution in [0, 0.1) is 0 Å². The molecule has 0 aliphatic heterocycles. The summed E-state index contributed by atoms with van der Waals surface area (Å²) in [6, 6.07) is 16.9. The zero-order valence-electron chi connectivity index (χ0n) is 12.6. The molecule has 0 saturated heterocycles. The first-order valence-corrected chi connectivity index (χ1v) is 8.75. The largest absolute Gasteiger partial charge is 0.481 e. The van der Waals surface area contributed by atoms with E-state index in [2.05, 4.69) is 35.3 Å². The first-order chi connectivity index (χ1) is 11.2. The number of fused-ring (bicyclic) bond motifs is 1. The second-order valence-corrected chi connectivity index (χ2v) is 7.06. The number of hydrogen-bond acceptors (Lipinski definition) is 2. The number of H-pyrrole nitrogens is 1. The van der Waals surface area contributed by atoms with Gasteiger partial charge >= 0.3 is 5.97 Å². The maximum atomic E-state index is 10.7. The number of nitrogens with one attached hydrogen (secondary N) is 1. The zero-order valence-corrected chi connectivity index (χ0v) is 13.4. The lowest BCUT2D eigenvalue weighted by Gasteiger charge is -2.02. The number of rotatable bonds is 5. The Hall–Kier alpha value is -2.20. The Labute approximate surface area is 138 Å². The van der Waals surface area contributed by atoms with Crippen LogP contribution in [-0.2, 0) is 4.79 Å². The molecular weight excluding hydrogens is 306 g/mol. The number of aromatic nitrogens is 1. The third-order valence-corrected chi connectivity index (χ3v) is 5.18. The summed E-state index contributed by atoms with van der Waals surface area (Å²) < 4.78 is 0. The van der Waals surface area contributed by atoms with E-state index in [0.717, 1.165) is 27.4 Å². The van der Waals surface area contributed by atoms with Crippen molar-refractivity contribution in [3.05, 3.63) is 54.1 Å². The zero-order chi connectivity index (χ0) is 15.8. The number of benzene rings is 2. The smallest absolute Gasteiger partial charge is 0.313 e. The summed E-state index contributed by atoms with van der Waals surface area (Å²) in [6.45, 7) is 0. The fraction of sp³-hybridized carbons (Fsp3) is 0.211. The first-order valence-electron chi connectivity index (χ1n) is 7.77. The highest BCUT2D eigenvalue weighted by Crippen LogP contribution is 2.41. The number of thioether (sulfide) groups is 1. The molecule has 0 amide bonds. The van der Waals surface area contributed by atoms with E-state index in [1.165, 1.54) is 35.7 Å². The maximum Gasteiger partial charge on any atom is 0.313 e. The molecule has 4 rings (SSSR count). The summed E-state index contributed by atoms with van der Waals surface area (Å²) in [7, 11) is 0. The topological polar surface area (TPSA) is 53.1 Å². The van der Waals surface area contributed by atoms with E-state index in [1.807, 2.05) is 18.2 Å². The average Bonchev–Trinajstić information content (AvgIpc) is 3.32. The summed E-state index contributed by atoms with van der Waals surface area (Å²) in [5.74, 6) is 0.0479. The van der Waals surface area contributed by atoms with Crippen LogP contribution < -0.4 is 0 Å². The first kappa shape index (κ1) is 14.4. The molecule has 1 fully saturated rings. The number of carboxylic acid groups (broad SMARTS) is 1. The van der Waals surface area contributed by atoms with Gasteiger partial charge < -0.3 is 10.1 Å². The molecule has 0 atom stereocenters. The summed E-state index contributed by atoms with van der Waals surface area (Å²) in [5, 5.41) is 9.91. The highest BCUT2D eigenvalue weighted by atomic mass is 32.2. The molecule has 1 saturated carbocycles. The van der Waals surface area contributed by atoms with Gasteiger partial charge in [-0.15, -0.1) is 11.8 Å². The average molecular weight is 323 g/mol. The van der Waals surface area contributed by atoms with Gasteiger partial charge in [0.25, 0.3) is 0 Å². The Bertz CT molecular complexity index is 880. The van der Waals surface area contributed by atoms with E-state index in [9.17, 15) is 4.79 Å². The van der Waals surface area contributed by atoms with Gasteiger partial charge in [0.15, 0.2) is 0 Å². The van der Waals surface area contributed by atoms with Gasteiger partial charge in [0.1, 0.15) is 0 Å². The quantitative estimate of drug-likeness (QED) is 0.657. The van der Waals surface area contributed by atoms with Crippen LogP contribution in [0.2, 0.25) is 0 Å². The number of aliphatic carboxylic acids is 1. The molecule has 0 spiro atoms. The molecule has 1 aliphatic carbocycles. The van der Waals surface area contributed by atoms with Gasteiger partial charge in [0.2, 0.25) is 0 Å². The van der Waals surface area contributed by atoms with Crippen molar-refractivity contribution in [2.75, 3.05) is 5.75 Å². The standard InChI is InChI=1S/C19H17NO2S/c21-19(22)11-23-16-6-7-17-15(9-16)10-18(20-17)14-3-1-2-13(8-14)12-4-5-12/h1-3,6-10,12,20H,4-5,11H2,(H,21,22). The highest BCUT2D eigenvalue weighted by molar-refractivity contribution is 8.00. The fourth-order valence-electron chi connectivity index (χ4n) is 2.88. The van der Waals surface area contributed by atoms with Gasteiger partial charge in [-0.1, -0.05) is 18.2 Å². The molecule has 1 aliphatic rings. The Morgan fingerprint density at radius 1 is 1.17 bits per heavy atom. The number of hydrogen-bond donors (Lipinski definition) is 2. The van der Waals surface area contributed by atoms with Gasteiger partial charge in [-0.2, -0.15) is 0 Å². The van der Waals surface area contributed by atoms with Crippen molar-refractivity contribution in [1.82, 2.24) is 4.98 Å². The van der Waals surface area contributed by atoms with Gasteiger partial charge in [0, 0.05) is 21.5 Å². The molecule has 23 heavy (non-hydrogen) atoms. The molecule has 0 bridgehead atoms. The van der Waals surface area contributed by atoms with Crippen molar-refractivity contribution >= 4 is 28.6 Å². The van der Waals surface area contributed by atoms with Crippen LogP contribution in [0.5, 0.6) is 0 Å². The van der Waals surface area contributed by atoms with Crippen molar-refractivity contribution in [2.24, 2.45) is 0 Å². The molecule has 2 N–H and O–H groups in total. The van der Waals surface area contributed by atoms with E-state index in [-0.39, 0.29) is 5.75 Å². The van der Waals surface area contributed by atoms with Crippen LogP contribution in [-0.4, -0.2) is 21.8 Å². The Morgan fingerprint density at radius 2 is 2.04 bits per heavy atom. The predicted molar refractivity (Wildman–Crippen MR) is 94.1 cm³/mol. The summed E-state index contributed by atoms with van der Waals surface area (Å²) >= 11 is 1.35. The van der Waals surface area contributed by atoms with Crippen LogP contribution >= 0.6 is 11.8 Å². The van der Waals surface area contributed by atoms with Crippen LogP contribution in [0.4, 0.5) is 0 Å². The fourth-order valence-corrected chi connectivity index (χ4v) is 3.54. The van der Waals surface area contributed by atoms with E-state index in [0.29, 0.717) is 0 Å². The van der Waals surface area contributed by atoms with E-state index in [4.69, 9.17) is 5.11 Å². The van der Waals surface area contributed by atoms with Crippen LogP contribution in [0.25, 0.3) is 22.2 Å². The Kier molecular flexibility index (Phi) is 3.62. The van der Waals surface area contributed by atoms with Crippen molar-refractivity contribution < 1.29 is 9.90 Å². The predicted octanol–water partition coefficient (Wildman–Crippen LogP) is 4.89. The third kappa shape index (κ3) is 3.13. The SMILES string of the molecule is O=C(O)CSc1ccc2[nH]c(-c3cccc(C4CC4)c3)cc2c1. The summed E-state index contributed by atoms with van der Waals surface area (Å²) in [4.78, 5) is 15.1. The molecular formula is C19H17NO2S. The van der Waals surface area contributed by atoms with Gasteiger partial charge in [-0.05, 0) is 60.2 Å². The number of carbonyl (C=O) groups is 1. The third-order valence-electron chi connectivity index (χ3n) is 4.20.